The third kappa shape index (κ3) is 1.74. The summed E-state index contributed by atoms with van der Waals surface area (Å²) in [6.07, 6.45) is 1.62. The molecule has 2 aromatic rings. The van der Waals surface area contributed by atoms with E-state index in [0.717, 1.165) is 4.90 Å². The van der Waals surface area contributed by atoms with Gasteiger partial charge in [-0.05, 0) is 6.07 Å². The molecule has 20 heavy (non-hydrogen) atoms. The highest BCUT2D eigenvalue weighted by Crippen LogP contribution is 2.31. The molecule has 0 radical (unpaired) electrons. The van der Waals surface area contributed by atoms with Crippen molar-refractivity contribution in [2.24, 2.45) is 7.05 Å². The molecule has 0 bridgehead atoms. The Bertz CT molecular complexity index is 745. The average molecular weight is 281 g/mol. The maximum absolute atomic E-state index is 14.4. The second kappa shape index (κ2) is 4.29. The molecule has 0 spiro atoms. The van der Waals surface area contributed by atoms with Gasteiger partial charge in [0, 0.05) is 39.1 Å². The van der Waals surface area contributed by atoms with Crippen molar-refractivity contribution in [1.82, 2.24) is 9.88 Å². The quantitative estimate of drug-likeness (QED) is 0.870. The molecule has 0 atom stereocenters. The number of hydrogen-bond acceptors (Lipinski definition) is 2. The van der Waals surface area contributed by atoms with E-state index in [-0.39, 0.29) is 19.8 Å². The van der Waals surface area contributed by atoms with E-state index in [2.05, 4.69) is 0 Å². The fourth-order valence-corrected chi connectivity index (χ4v) is 2.35. The molecule has 5 nitrogen and oxygen atoms in total. The van der Waals surface area contributed by atoms with Crippen LogP contribution in [0.2, 0.25) is 0 Å². The number of benzene rings is 1. The number of halogens is 2. The molecule has 0 aliphatic carbocycles. The highest BCUT2D eigenvalue weighted by Gasteiger charge is 2.30. The maximum Gasteiger partial charge on any atom is 0.328 e. The van der Waals surface area contributed by atoms with Crippen molar-refractivity contribution in [1.29, 1.82) is 0 Å². The second-order valence-corrected chi connectivity index (χ2v) is 4.64. The summed E-state index contributed by atoms with van der Waals surface area (Å²) >= 11 is 0. The van der Waals surface area contributed by atoms with Crippen LogP contribution in [0.15, 0.2) is 18.3 Å². The van der Waals surface area contributed by atoms with Crippen molar-refractivity contribution in [3.05, 3.63) is 30.0 Å². The smallest absolute Gasteiger partial charge is 0.328 e. The summed E-state index contributed by atoms with van der Waals surface area (Å²) in [5.41, 5.74) is -0.0223. The molecule has 0 saturated carbocycles. The van der Waals surface area contributed by atoms with E-state index in [9.17, 15) is 18.4 Å². The van der Waals surface area contributed by atoms with Gasteiger partial charge in [-0.25, -0.2) is 13.6 Å². The summed E-state index contributed by atoms with van der Waals surface area (Å²) in [5.74, 6) is -2.08. The van der Waals surface area contributed by atoms with E-state index < -0.39 is 29.3 Å². The number of hydrogen-bond donors (Lipinski definition) is 1. The number of urea groups is 1. The zero-order valence-electron chi connectivity index (χ0n) is 10.6. The number of carbonyl (C=O) groups excluding carboxylic acids is 2. The van der Waals surface area contributed by atoms with Crippen LogP contribution >= 0.6 is 0 Å². The Morgan fingerprint density at radius 3 is 2.80 bits per heavy atom. The third-order valence-corrected chi connectivity index (χ3v) is 3.38. The van der Waals surface area contributed by atoms with Crippen LogP contribution in [0.1, 0.15) is 7.85 Å². The highest BCUT2D eigenvalue weighted by atomic mass is 19.1. The largest absolute Gasteiger partial charge is 0.350 e. The van der Waals surface area contributed by atoms with Gasteiger partial charge in [0.05, 0.1) is 5.52 Å². The SMILES string of the molecule is Cn1ccc2c(F)c(N3CCC(=O)NC3=O)c(F)cc21.[HH]. The van der Waals surface area contributed by atoms with Crippen LogP contribution in [0, 0.1) is 11.6 Å². The third-order valence-electron chi connectivity index (χ3n) is 3.38. The molecule has 7 heteroatoms. The minimum absolute atomic E-state index is 0. The predicted molar refractivity (Wildman–Crippen MR) is 70.5 cm³/mol. The van der Waals surface area contributed by atoms with Crippen molar-refractivity contribution in [3.8, 4) is 0 Å². The van der Waals surface area contributed by atoms with Crippen molar-refractivity contribution < 1.29 is 19.8 Å². The molecule has 0 unspecified atom stereocenters. The molecule has 1 aliphatic rings. The predicted octanol–water partition coefficient (Wildman–Crippen LogP) is 2.15. The van der Waals surface area contributed by atoms with Crippen molar-refractivity contribution in [2.75, 3.05) is 11.4 Å². The van der Waals surface area contributed by atoms with Crippen molar-refractivity contribution in [3.63, 3.8) is 0 Å². The van der Waals surface area contributed by atoms with Crippen LogP contribution in [0.5, 0.6) is 0 Å². The van der Waals surface area contributed by atoms with Gasteiger partial charge in [0.25, 0.3) is 0 Å². The summed E-state index contributed by atoms with van der Waals surface area (Å²) < 4.78 is 30.2. The summed E-state index contributed by atoms with van der Waals surface area (Å²) in [5, 5.41) is 2.28. The number of nitrogens with zero attached hydrogens (tertiary/aromatic N) is 2. The Hall–Kier alpha value is -2.44. The van der Waals surface area contributed by atoms with E-state index in [1.165, 1.54) is 12.1 Å². The van der Waals surface area contributed by atoms with Crippen molar-refractivity contribution >= 4 is 28.5 Å². The fraction of sp³-hybridized carbons (Fsp3) is 0.231. The van der Waals surface area contributed by atoms with Gasteiger partial charge in [0.1, 0.15) is 5.69 Å². The lowest BCUT2D eigenvalue weighted by Crippen LogP contribution is -2.50. The lowest BCUT2D eigenvalue weighted by Gasteiger charge is -2.27. The summed E-state index contributed by atoms with van der Waals surface area (Å²) in [6, 6.07) is 1.88. The van der Waals surface area contributed by atoms with E-state index >= 15 is 0 Å². The second-order valence-electron chi connectivity index (χ2n) is 4.64. The number of aromatic nitrogens is 1. The Balaban J connectivity index is 0.00000161. The normalized spacial score (nSPS) is 15.8. The molecular weight excluding hydrogens is 268 g/mol. The number of amides is 3. The first kappa shape index (κ1) is 12.6. The highest BCUT2D eigenvalue weighted by molar-refractivity contribution is 6.06. The summed E-state index contributed by atoms with van der Waals surface area (Å²) in [4.78, 5) is 23.7. The minimum Gasteiger partial charge on any atom is -0.350 e. The number of anilines is 1. The monoisotopic (exact) mass is 281 g/mol. The maximum atomic E-state index is 14.4. The van der Waals surface area contributed by atoms with Crippen LogP contribution < -0.4 is 10.2 Å². The lowest BCUT2D eigenvalue weighted by molar-refractivity contribution is -0.120. The Morgan fingerprint density at radius 2 is 2.10 bits per heavy atom. The number of imide groups is 1. The first-order valence-corrected chi connectivity index (χ1v) is 6.03. The van der Waals surface area contributed by atoms with Crippen molar-refractivity contribution in [2.45, 2.75) is 6.42 Å². The molecular formula is C13H13F2N3O2. The van der Waals surface area contributed by atoms with E-state index in [4.69, 9.17) is 0 Å². The van der Waals surface area contributed by atoms with Gasteiger partial charge < -0.3 is 4.57 Å². The van der Waals surface area contributed by atoms with E-state index in [1.807, 2.05) is 5.32 Å². The Kier molecular flexibility index (Phi) is 2.70. The van der Waals surface area contributed by atoms with Gasteiger partial charge in [-0.3, -0.25) is 15.0 Å². The minimum atomic E-state index is -0.832. The first-order valence-electron chi connectivity index (χ1n) is 6.03. The van der Waals surface area contributed by atoms with Crippen LogP contribution in [-0.2, 0) is 11.8 Å². The number of nitrogens with one attached hydrogen (secondary N) is 1. The van der Waals surface area contributed by atoms with Gasteiger partial charge in [-0.2, -0.15) is 0 Å². The molecule has 3 amide bonds. The topological polar surface area (TPSA) is 54.3 Å². The number of carbonyl (C=O) groups is 2. The van der Waals surface area contributed by atoms with Gasteiger partial charge in [-0.15, -0.1) is 0 Å². The standard InChI is InChI=1S/C13H11F2N3O2.H2/c1-17-4-2-7-9(17)6-8(14)12(11(7)15)18-5-3-10(19)16-13(18)20;/h2,4,6H,3,5H2,1H3,(H,16,19,20);1H. The summed E-state index contributed by atoms with van der Waals surface area (Å²) in [7, 11) is 1.67. The molecule has 1 aromatic carbocycles. The molecule has 3 rings (SSSR count). The number of aryl methyl sites for hydroxylation is 1. The van der Waals surface area contributed by atoms with Gasteiger partial charge in [-0.1, -0.05) is 0 Å². The molecule has 2 heterocycles. The summed E-state index contributed by atoms with van der Waals surface area (Å²) in [6.45, 7) is -0.0448. The molecule has 1 aromatic heterocycles. The zero-order valence-corrected chi connectivity index (χ0v) is 10.6. The van der Waals surface area contributed by atoms with Gasteiger partial charge >= 0.3 is 6.03 Å². The molecule has 1 aliphatic heterocycles. The van der Waals surface area contributed by atoms with Crippen LogP contribution in [-0.4, -0.2) is 23.1 Å². The molecule has 106 valence electrons. The van der Waals surface area contributed by atoms with Gasteiger partial charge in [0.15, 0.2) is 11.6 Å². The number of fused-ring (bicyclic) bond motifs is 1. The average Bonchev–Trinajstić information content (AvgIpc) is 2.74. The van der Waals surface area contributed by atoms with E-state index in [0.29, 0.717) is 5.52 Å². The lowest BCUT2D eigenvalue weighted by atomic mass is 10.1. The van der Waals surface area contributed by atoms with Gasteiger partial charge in [0.2, 0.25) is 5.91 Å². The van der Waals surface area contributed by atoms with Crippen LogP contribution in [0.25, 0.3) is 10.9 Å². The van der Waals surface area contributed by atoms with Crippen LogP contribution in [0.3, 0.4) is 0 Å². The zero-order chi connectivity index (χ0) is 14.4. The first-order chi connectivity index (χ1) is 9.49. The molecule has 1 fully saturated rings. The van der Waals surface area contributed by atoms with Crippen LogP contribution in [0.4, 0.5) is 19.3 Å². The Morgan fingerprint density at radius 1 is 1.35 bits per heavy atom. The van der Waals surface area contributed by atoms with E-state index in [1.54, 1.807) is 17.8 Å². The Labute approximate surface area is 114 Å². The fourth-order valence-electron chi connectivity index (χ4n) is 2.35. The molecule has 1 N–H and O–H groups in total. The number of rotatable bonds is 1. The molecule has 1 saturated heterocycles.